The maximum atomic E-state index is 13.1. The first-order chi connectivity index (χ1) is 14.5. The van der Waals surface area contributed by atoms with Gasteiger partial charge in [0.15, 0.2) is 5.43 Å². The Morgan fingerprint density at radius 1 is 1.03 bits per heavy atom. The molecule has 0 aliphatic rings. The van der Waals surface area contributed by atoms with Gasteiger partial charge in [-0.3, -0.25) is 9.59 Å². The highest BCUT2D eigenvalue weighted by Gasteiger charge is 2.13. The number of carbonyl (C=O) groups excluding carboxylic acids is 1. The van der Waals surface area contributed by atoms with Gasteiger partial charge in [0.2, 0.25) is 0 Å². The van der Waals surface area contributed by atoms with E-state index in [-0.39, 0.29) is 5.43 Å². The predicted octanol–water partition coefficient (Wildman–Crippen LogP) is 5.25. The molecule has 5 nitrogen and oxygen atoms in total. The molecule has 1 aromatic heterocycles. The van der Waals surface area contributed by atoms with Crippen LogP contribution in [-0.2, 0) is 0 Å². The number of rotatable bonds is 5. The van der Waals surface area contributed by atoms with E-state index in [1.807, 2.05) is 31.2 Å². The predicted molar refractivity (Wildman–Crippen MR) is 113 cm³/mol. The lowest BCUT2D eigenvalue weighted by molar-refractivity contribution is 0.102. The minimum atomic E-state index is -0.418. The summed E-state index contributed by atoms with van der Waals surface area (Å²) >= 11 is 0. The average Bonchev–Trinajstić information content (AvgIpc) is 2.74. The highest BCUT2D eigenvalue weighted by atomic mass is 19.1. The van der Waals surface area contributed by atoms with Crippen LogP contribution in [0, 0.1) is 5.82 Å². The molecule has 30 heavy (non-hydrogen) atoms. The molecular weight excluding hydrogens is 385 g/mol. The van der Waals surface area contributed by atoms with Crippen molar-refractivity contribution < 1.29 is 18.3 Å². The number of ether oxygens (including phenoxy) is 1. The van der Waals surface area contributed by atoms with Gasteiger partial charge in [-0.25, -0.2) is 4.39 Å². The number of halogens is 1. The maximum absolute atomic E-state index is 13.1. The second kappa shape index (κ2) is 8.21. The molecule has 0 unspecified atom stereocenters. The molecule has 0 atom stereocenters. The average molecular weight is 403 g/mol. The van der Waals surface area contributed by atoms with Crippen molar-refractivity contribution in [2.24, 2.45) is 0 Å². The fraction of sp³-hybridized carbons (Fsp3) is 0.0833. The van der Waals surface area contributed by atoms with Crippen LogP contribution < -0.4 is 15.5 Å². The second-order valence-corrected chi connectivity index (χ2v) is 6.58. The van der Waals surface area contributed by atoms with E-state index >= 15 is 0 Å². The SMILES string of the molecule is CCOc1ccccc1-c1cc(=O)c2ccc(NC(=O)c3ccc(F)cc3)cc2o1. The van der Waals surface area contributed by atoms with Crippen molar-refractivity contribution >= 4 is 22.6 Å². The van der Waals surface area contributed by atoms with Crippen molar-refractivity contribution in [2.45, 2.75) is 6.92 Å². The molecule has 0 radical (unpaired) electrons. The molecule has 0 bridgehead atoms. The first kappa shape index (κ1) is 19.4. The van der Waals surface area contributed by atoms with E-state index in [4.69, 9.17) is 9.15 Å². The summed E-state index contributed by atoms with van der Waals surface area (Å²) in [6.07, 6.45) is 0. The van der Waals surface area contributed by atoms with Crippen molar-refractivity contribution in [2.75, 3.05) is 11.9 Å². The van der Waals surface area contributed by atoms with Crippen LogP contribution in [0.3, 0.4) is 0 Å². The number of hydrogen-bond donors (Lipinski definition) is 1. The molecule has 4 aromatic rings. The van der Waals surface area contributed by atoms with E-state index < -0.39 is 11.7 Å². The molecule has 150 valence electrons. The summed E-state index contributed by atoms with van der Waals surface area (Å²) < 4.78 is 24.7. The molecule has 6 heteroatoms. The summed E-state index contributed by atoms with van der Waals surface area (Å²) in [5.41, 5.74) is 1.57. The number of hydrogen-bond acceptors (Lipinski definition) is 4. The first-order valence-electron chi connectivity index (χ1n) is 9.42. The van der Waals surface area contributed by atoms with Gasteiger partial charge < -0.3 is 14.5 Å². The zero-order valence-electron chi connectivity index (χ0n) is 16.1. The van der Waals surface area contributed by atoms with Crippen LogP contribution >= 0.6 is 0 Å². The van der Waals surface area contributed by atoms with Crippen LogP contribution in [0.4, 0.5) is 10.1 Å². The van der Waals surface area contributed by atoms with Crippen LogP contribution in [-0.4, -0.2) is 12.5 Å². The second-order valence-electron chi connectivity index (χ2n) is 6.58. The minimum absolute atomic E-state index is 0.200. The Kier molecular flexibility index (Phi) is 5.30. The lowest BCUT2D eigenvalue weighted by Crippen LogP contribution is -2.12. The Bertz CT molecular complexity index is 1280. The van der Waals surface area contributed by atoms with E-state index in [2.05, 4.69) is 5.32 Å². The first-order valence-corrected chi connectivity index (χ1v) is 9.42. The van der Waals surface area contributed by atoms with E-state index in [0.29, 0.717) is 45.9 Å². The minimum Gasteiger partial charge on any atom is -0.493 e. The number of anilines is 1. The lowest BCUT2D eigenvalue weighted by Gasteiger charge is -2.10. The van der Waals surface area contributed by atoms with Crippen molar-refractivity contribution in [1.29, 1.82) is 0 Å². The molecule has 1 N–H and O–H groups in total. The van der Waals surface area contributed by atoms with Crippen LogP contribution in [0.1, 0.15) is 17.3 Å². The highest BCUT2D eigenvalue weighted by molar-refractivity contribution is 6.05. The summed E-state index contributed by atoms with van der Waals surface area (Å²) in [6.45, 7) is 2.36. The smallest absolute Gasteiger partial charge is 0.255 e. The van der Waals surface area contributed by atoms with Crippen molar-refractivity contribution in [3.63, 3.8) is 0 Å². The molecule has 4 rings (SSSR count). The number of carbonyl (C=O) groups is 1. The number of amides is 1. The van der Waals surface area contributed by atoms with Gasteiger partial charge in [0.25, 0.3) is 5.91 Å². The standard InChI is InChI=1S/C24H18FNO4/c1-2-29-21-6-4-3-5-19(21)23-14-20(27)18-12-11-17(13-22(18)30-23)26-24(28)15-7-9-16(25)10-8-15/h3-14H,2H2,1H3,(H,26,28). The normalized spacial score (nSPS) is 10.7. The molecule has 0 fully saturated rings. The van der Waals surface area contributed by atoms with Gasteiger partial charge in [0.1, 0.15) is 22.9 Å². The van der Waals surface area contributed by atoms with Gasteiger partial charge in [-0.2, -0.15) is 0 Å². The van der Waals surface area contributed by atoms with Gasteiger partial charge in [-0.1, -0.05) is 12.1 Å². The van der Waals surface area contributed by atoms with Crippen LogP contribution in [0.25, 0.3) is 22.3 Å². The monoisotopic (exact) mass is 403 g/mol. The van der Waals surface area contributed by atoms with Crippen molar-refractivity contribution in [1.82, 2.24) is 0 Å². The van der Waals surface area contributed by atoms with Gasteiger partial charge in [0.05, 0.1) is 17.6 Å². The Balaban J connectivity index is 1.71. The molecular formula is C24H18FNO4. The summed E-state index contributed by atoms with van der Waals surface area (Å²) in [5, 5.41) is 3.13. The fourth-order valence-corrected chi connectivity index (χ4v) is 3.12. The number of para-hydroxylation sites is 1. The molecule has 0 aliphatic heterocycles. The Labute approximate surface area is 171 Å². The molecule has 0 saturated carbocycles. The Hall–Kier alpha value is -3.93. The Morgan fingerprint density at radius 2 is 1.80 bits per heavy atom. The summed E-state index contributed by atoms with van der Waals surface area (Å²) in [4.78, 5) is 25.0. The van der Waals surface area contributed by atoms with Gasteiger partial charge >= 0.3 is 0 Å². The molecule has 0 saturated heterocycles. The third kappa shape index (κ3) is 3.93. The zero-order valence-corrected chi connectivity index (χ0v) is 16.1. The topological polar surface area (TPSA) is 68.5 Å². The van der Waals surface area contributed by atoms with E-state index in [0.717, 1.165) is 0 Å². The maximum Gasteiger partial charge on any atom is 0.255 e. The molecule has 1 amide bonds. The van der Waals surface area contributed by atoms with Crippen molar-refractivity contribution in [3.05, 3.63) is 94.4 Å². The fourth-order valence-electron chi connectivity index (χ4n) is 3.12. The number of benzene rings is 3. The lowest BCUT2D eigenvalue weighted by atomic mass is 10.1. The third-order valence-corrected chi connectivity index (χ3v) is 4.55. The largest absolute Gasteiger partial charge is 0.493 e. The molecule has 3 aromatic carbocycles. The Morgan fingerprint density at radius 3 is 2.57 bits per heavy atom. The van der Waals surface area contributed by atoms with Gasteiger partial charge in [0, 0.05) is 23.4 Å². The summed E-state index contributed by atoms with van der Waals surface area (Å²) in [5.74, 6) is 0.176. The zero-order chi connectivity index (χ0) is 21.1. The number of nitrogens with one attached hydrogen (secondary N) is 1. The highest BCUT2D eigenvalue weighted by Crippen LogP contribution is 2.31. The van der Waals surface area contributed by atoms with Gasteiger partial charge in [-0.15, -0.1) is 0 Å². The molecule has 0 aliphatic carbocycles. The summed E-state index contributed by atoms with van der Waals surface area (Å²) in [7, 11) is 0. The van der Waals surface area contributed by atoms with Crippen LogP contribution in [0.15, 0.2) is 82.0 Å². The van der Waals surface area contributed by atoms with Crippen LogP contribution in [0.5, 0.6) is 5.75 Å². The number of fused-ring (bicyclic) bond motifs is 1. The summed E-state index contributed by atoms with van der Waals surface area (Å²) in [6, 6.07) is 18.8. The van der Waals surface area contributed by atoms with E-state index in [1.54, 1.807) is 18.2 Å². The van der Waals surface area contributed by atoms with Gasteiger partial charge in [-0.05, 0) is 55.5 Å². The third-order valence-electron chi connectivity index (χ3n) is 4.55. The molecule has 0 spiro atoms. The van der Waals surface area contributed by atoms with Crippen molar-refractivity contribution in [3.8, 4) is 17.1 Å². The van der Waals surface area contributed by atoms with Crippen LogP contribution in [0.2, 0.25) is 0 Å². The van der Waals surface area contributed by atoms with E-state index in [1.165, 1.54) is 30.3 Å². The molecule has 1 heterocycles. The quantitative estimate of drug-likeness (QED) is 0.494. The van der Waals surface area contributed by atoms with E-state index in [9.17, 15) is 14.0 Å².